The largest absolute Gasteiger partial charge is 0.335 e. The van der Waals surface area contributed by atoms with Gasteiger partial charge in [-0.15, -0.1) is 0 Å². The van der Waals surface area contributed by atoms with E-state index in [4.69, 9.17) is 0 Å². The Labute approximate surface area is 122 Å². The van der Waals surface area contributed by atoms with Crippen molar-refractivity contribution in [3.63, 3.8) is 0 Å². The Morgan fingerprint density at radius 1 is 1.35 bits per heavy atom. The Morgan fingerprint density at radius 2 is 2.00 bits per heavy atom. The molecule has 1 aromatic rings. The molecule has 0 atom stereocenters. The molecule has 6 nitrogen and oxygen atoms in total. The molecule has 0 unspecified atom stereocenters. The lowest BCUT2D eigenvalue weighted by molar-refractivity contribution is -0.380. The summed E-state index contributed by atoms with van der Waals surface area (Å²) >= 11 is 0.950. The lowest BCUT2D eigenvalue weighted by atomic mass is 10.2. The molecular formula is C13H19N3O3S. The van der Waals surface area contributed by atoms with E-state index in [-0.39, 0.29) is 10.9 Å². The standard InChI is InChI=1S/C13H19N3O3S/c1-10(2)9-14-5-7-15(8-6-14)13(17)11-3-4-12(20-11)16(18)19/h3-4,10H,5-9H2,1-2H3. The summed E-state index contributed by atoms with van der Waals surface area (Å²) in [6, 6.07) is 2.94. The minimum atomic E-state index is -0.456. The van der Waals surface area contributed by atoms with Crippen LogP contribution in [0.15, 0.2) is 12.1 Å². The molecule has 0 radical (unpaired) electrons. The smallest absolute Gasteiger partial charge is 0.324 e. The van der Waals surface area contributed by atoms with Crippen molar-refractivity contribution < 1.29 is 9.72 Å². The number of amides is 1. The zero-order chi connectivity index (χ0) is 14.7. The molecule has 0 bridgehead atoms. The molecule has 7 heteroatoms. The van der Waals surface area contributed by atoms with Crippen molar-refractivity contribution >= 4 is 22.2 Å². The van der Waals surface area contributed by atoms with E-state index in [1.807, 2.05) is 0 Å². The van der Waals surface area contributed by atoms with Gasteiger partial charge in [-0.3, -0.25) is 19.8 Å². The number of rotatable bonds is 4. The molecule has 1 aliphatic heterocycles. The Balaban J connectivity index is 1.92. The van der Waals surface area contributed by atoms with Gasteiger partial charge in [-0.25, -0.2) is 0 Å². The maximum atomic E-state index is 12.3. The van der Waals surface area contributed by atoms with Crippen molar-refractivity contribution in [2.75, 3.05) is 32.7 Å². The van der Waals surface area contributed by atoms with Crippen LogP contribution in [0.2, 0.25) is 0 Å². The fraction of sp³-hybridized carbons (Fsp3) is 0.615. The molecule has 0 saturated carbocycles. The van der Waals surface area contributed by atoms with E-state index in [9.17, 15) is 14.9 Å². The molecule has 1 saturated heterocycles. The highest BCUT2D eigenvalue weighted by molar-refractivity contribution is 7.17. The SMILES string of the molecule is CC(C)CN1CCN(C(=O)c2ccc([N+](=O)[O-])s2)CC1. The van der Waals surface area contributed by atoms with E-state index < -0.39 is 4.92 Å². The average molecular weight is 297 g/mol. The summed E-state index contributed by atoms with van der Waals surface area (Å²) in [5.41, 5.74) is 0. The second-order valence-electron chi connectivity index (χ2n) is 5.38. The van der Waals surface area contributed by atoms with Gasteiger partial charge in [0.25, 0.3) is 5.91 Å². The molecule has 1 fully saturated rings. The van der Waals surface area contributed by atoms with Gasteiger partial charge in [0.05, 0.1) is 9.80 Å². The second kappa shape index (κ2) is 6.32. The first-order chi connectivity index (χ1) is 9.47. The number of piperazine rings is 1. The van der Waals surface area contributed by atoms with Gasteiger partial charge in [-0.1, -0.05) is 25.2 Å². The van der Waals surface area contributed by atoms with Crippen LogP contribution in [0.25, 0.3) is 0 Å². The highest BCUT2D eigenvalue weighted by Gasteiger charge is 2.24. The number of hydrogen-bond donors (Lipinski definition) is 0. The molecule has 0 aliphatic carbocycles. The molecule has 1 aliphatic rings. The van der Waals surface area contributed by atoms with Crippen LogP contribution < -0.4 is 0 Å². The Kier molecular flexibility index (Phi) is 4.72. The number of thiophene rings is 1. The van der Waals surface area contributed by atoms with Crippen LogP contribution in [-0.2, 0) is 0 Å². The molecule has 1 amide bonds. The maximum Gasteiger partial charge on any atom is 0.324 e. The molecular weight excluding hydrogens is 278 g/mol. The zero-order valence-corrected chi connectivity index (χ0v) is 12.6. The Hall–Kier alpha value is -1.47. The van der Waals surface area contributed by atoms with Gasteiger partial charge in [0.1, 0.15) is 0 Å². The van der Waals surface area contributed by atoms with Crippen LogP contribution in [0.4, 0.5) is 5.00 Å². The molecule has 110 valence electrons. The minimum absolute atomic E-state index is 0.0202. The topological polar surface area (TPSA) is 66.7 Å². The van der Waals surface area contributed by atoms with Crippen LogP contribution in [0, 0.1) is 16.0 Å². The summed E-state index contributed by atoms with van der Waals surface area (Å²) in [5, 5.41) is 10.7. The third-order valence-electron chi connectivity index (χ3n) is 3.27. The van der Waals surface area contributed by atoms with Crippen molar-refractivity contribution in [2.45, 2.75) is 13.8 Å². The van der Waals surface area contributed by atoms with Crippen LogP contribution in [0.5, 0.6) is 0 Å². The summed E-state index contributed by atoms with van der Waals surface area (Å²) < 4.78 is 0. The predicted molar refractivity (Wildman–Crippen MR) is 78.2 cm³/mol. The fourth-order valence-electron chi connectivity index (χ4n) is 2.35. The van der Waals surface area contributed by atoms with Gasteiger partial charge in [-0.05, 0) is 12.0 Å². The summed E-state index contributed by atoms with van der Waals surface area (Å²) in [7, 11) is 0. The van der Waals surface area contributed by atoms with E-state index in [0.717, 1.165) is 31.0 Å². The van der Waals surface area contributed by atoms with Crippen molar-refractivity contribution in [3.8, 4) is 0 Å². The summed E-state index contributed by atoms with van der Waals surface area (Å²) in [6.45, 7) is 8.54. The van der Waals surface area contributed by atoms with Crippen LogP contribution in [-0.4, -0.2) is 53.4 Å². The summed E-state index contributed by atoms with van der Waals surface area (Å²) in [4.78, 5) is 27.0. The molecule has 2 rings (SSSR count). The maximum absolute atomic E-state index is 12.3. The van der Waals surface area contributed by atoms with Crippen molar-refractivity contribution in [1.29, 1.82) is 0 Å². The summed E-state index contributed by atoms with van der Waals surface area (Å²) in [6.07, 6.45) is 0. The van der Waals surface area contributed by atoms with Gasteiger partial charge in [0, 0.05) is 38.8 Å². The minimum Gasteiger partial charge on any atom is -0.335 e. The number of nitrogens with zero attached hydrogens (tertiary/aromatic N) is 3. The number of nitro groups is 1. The Morgan fingerprint density at radius 3 is 2.50 bits per heavy atom. The van der Waals surface area contributed by atoms with Crippen molar-refractivity contribution in [3.05, 3.63) is 27.1 Å². The molecule has 0 N–H and O–H groups in total. The number of carbonyl (C=O) groups excluding carboxylic acids is 1. The lowest BCUT2D eigenvalue weighted by Crippen LogP contribution is -2.49. The van der Waals surface area contributed by atoms with Crippen molar-refractivity contribution in [1.82, 2.24) is 9.80 Å². The molecule has 20 heavy (non-hydrogen) atoms. The molecule has 0 aromatic carbocycles. The third kappa shape index (κ3) is 3.55. The first-order valence-electron chi connectivity index (χ1n) is 6.73. The highest BCUT2D eigenvalue weighted by atomic mass is 32.1. The highest BCUT2D eigenvalue weighted by Crippen LogP contribution is 2.25. The lowest BCUT2D eigenvalue weighted by Gasteiger charge is -2.35. The van der Waals surface area contributed by atoms with E-state index >= 15 is 0 Å². The first kappa shape index (κ1) is 14.9. The monoisotopic (exact) mass is 297 g/mol. The van der Waals surface area contributed by atoms with E-state index in [0.29, 0.717) is 23.9 Å². The van der Waals surface area contributed by atoms with Crippen LogP contribution in [0.1, 0.15) is 23.5 Å². The third-order valence-corrected chi connectivity index (χ3v) is 4.29. The number of carbonyl (C=O) groups is 1. The quantitative estimate of drug-likeness (QED) is 0.630. The number of hydrogen-bond acceptors (Lipinski definition) is 5. The molecule has 0 spiro atoms. The fourth-order valence-corrected chi connectivity index (χ4v) is 3.13. The molecule has 2 heterocycles. The molecule has 1 aromatic heterocycles. The van der Waals surface area contributed by atoms with Gasteiger partial charge >= 0.3 is 5.00 Å². The average Bonchev–Trinajstić information content (AvgIpc) is 2.88. The van der Waals surface area contributed by atoms with E-state index in [2.05, 4.69) is 18.7 Å². The Bertz CT molecular complexity index is 493. The van der Waals surface area contributed by atoms with Gasteiger partial charge in [0.15, 0.2) is 0 Å². The van der Waals surface area contributed by atoms with Crippen LogP contribution >= 0.6 is 11.3 Å². The normalized spacial score (nSPS) is 16.6. The van der Waals surface area contributed by atoms with E-state index in [1.165, 1.54) is 6.07 Å². The van der Waals surface area contributed by atoms with Crippen molar-refractivity contribution in [2.24, 2.45) is 5.92 Å². The van der Waals surface area contributed by atoms with E-state index in [1.54, 1.807) is 11.0 Å². The van der Waals surface area contributed by atoms with Crippen LogP contribution in [0.3, 0.4) is 0 Å². The van der Waals surface area contributed by atoms with Gasteiger partial charge in [0.2, 0.25) is 0 Å². The first-order valence-corrected chi connectivity index (χ1v) is 7.55. The summed E-state index contributed by atoms with van der Waals surface area (Å²) in [5.74, 6) is 0.532. The second-order valence-corrected chi connectivity index (χ2v) is 6.44. The van der Waals surface area contributed by atoms with Gasteiger partial charge in [-0.2, -0.15) is 0 Å². The predicted octanol–water partition coefficient (Wildman–Crippen LogP) is 2.07. The van der Waals surface area contributed by atoms with Gasteiger partial charge < -0.3 is 4.90 Å². The zero-order valence-electron chi connectivity index (χ0n) is 11.7.